The molecule has 3 nitrogen and oxygen atoms in total. The topological polar surface area (TPSA) is 49.7 Å². The minimum Gasteiger partial charge on any atom is -0.481 e. The van der Waals surface area contributed by atoms with Gasteiger partial charge in [-0.15, -0.1) is 0 Å². The third kappa shape index (κ3) is 1.60. The Balaban J connectivity index is 2.86. The molecule has 4 heteroatoms. The first-order valence-corrected chi connectivity index (χ1v) is 3.56. The van der Waals surface area contributed by atoms with E-state index >= 15 is 0 Å². The molecule has 0 fully saturated rings. The zero-order valence-electron chi connectivity index (χ0n) is 6.04. The summed E-state index contributed by atoms with van der Waals surface area (Å²) in [6.45, 7) is 1.61. The number of halogens is 1. The second kappa shape index (κ2) is 2.66. The molecular formula is C7H8ClNO2. The van der Waals surface area contributed by atoms with Gasteiger partial charge in [0.15, 0.2) is 0 Å². The summed E-state index contributed by atoms with van der Waals surface area (Å²) in [5, 5.41) is 9.10. The van der Waals surface area contributed by atoms with Crippen molar-refractivity contribution in [2.45, 2.75) is 13.3 Å². The molecule has 1 aliphatic rings. The van der Waals surface area contributed by atoms with Gasteiger partial charge in [-0.1, -0.05) is 11.6 Å². The van der Waals surface area contributed by atoms with Crippen LogP contribution >= 0.6 is 11.6 Å². The van der Waals surface area contributed by atoms with Crippen molar-refractivity contribution in [2.75, 3.05) is 0 Å². The Hall–Kier alpha value is -0.830. The standard InChI is InChI=1S/C7H8ClNO2/c1-7(6(10)11)2-3-9-5(8)4-7/h2-3H,4H2,1H3,(H,10,11). The quantitative estimate of drug-likeness (QED) is 0.655. The molecular weight excluding hydrogens is 166 g/mol. The first kappa shape index (κ1) is 8.27. The first-order valence-electron chi connectivity index (χ1n) is 3.18. The maximum absolute atomic E-state index is 10.7. The van der Waals surface area contributed by atoms with Gasteiger partial charge in [0.2, 0.25) is 0 Å². The lowest BCUT2D eigenvalue weighted by Gasteiger charge is -2.21. The zero-order valence-corrected chi connectivity index (χ0v) is 6.80. The van der Waals surface area contributed by atoms with Gasteiger partial charge in [-0.2, -0.15) is 0 Å². The third-order valence-electron chi connectivity index (χ3n) is 1.66. The van der Waals surface area contributed by atoms with E-state index in [2.05, 4.69) is 4.99 Å². The molecule has 0 aliphatic carbocycles. The fraction of sp³-hybridized carbons (Fsp3) is 0.429. The van der Waals surface area contributed by atoms with E-state index in [1.807, 2.05) is 0 Å². The SMILES string of the molecule is CC1(C(=O)O)C=CN=C(Cl)C1. The Labute approximate surface area is 69.4 Å². The number of carbonyl (C=O) groups is 1. The molecule has 0 saturated carbocycles. The second-order valence-corrected chi connectivity index (χ2v) is 3.16. The van der Waals surface area contributed by atoms with Crippen LogP contribution in [0, 0.1) is 5.41 Å². The summed E-state index contributed by atoms with van der Waals surface area (Å²) < 4.78 is 0. The Morgan fingerprint density at radius 2 is 2.55 bits per heavy atom. The van der Waals surface area contributed by atoms with E-state index in [-0.39, 0.29) is 6.42 Å². The van der Waals surface area contributed by atoms with Crippen molar-refractivity contribution in [1.82, 2.24) is 0 Å². The van der Waals surface area contributed by atoms with E-state index < -0.39 is 11.4 Å². The molecule has 0 bridgehead atoms. The van der Waals surface area contributed by atoms with E-state index in [0.29, 0.717) is 5.17 Å². The lowest BCUT2D eigenvalue weighted by Crippen LogP contribution is -2.28. The summed E-state index contributed by atoms with van der Waals surface area (Å²) >= 11 is 5.58. The molecule has 0 amide bonds. The third-order valence-corrected chi connectivity index (χ3v) is 1.89. The monoisotopic (exact) mass is 173 g/mol. The van der Waals surface area contributed by atoms with E-state index in [9.17, 15) is 4.79 Å². The van der Waals surface area contributed by atoms with Crippen LogP contribution in [0.3, 0.4) is 0 Å². The molecule has 1 heterocycles. The summed E-state index contributed by atoms with van der Waals surface area (Å²) in [4.78, 5) is 14.4. The normalized spacial score (nSPS) is 29.8. The molecule has 0 spiro atoms. The molecule has 1 aliphatic heterocycles. The van der Waals surface area contributed by atoms with Crippen LogP contribution < -0.4 is 0 Å². The predicted octanol–water partition coefficient (Wildman–Crippen LogP) is 1.63. The minimum absolute atomic E-state index is 0.278. The molecule has 0 radical (unpaired) electrons. The average molecular weight is 174 g/mol. The van der Waals surface area contributed by atoms with Crippen LogP contribution in [0.2, 0.25) is 0 Å². The summed E-state index contributed by atoms with van der Waals surface area (Å²) in [5.41, 5.74) is -0.876. The Morgan fingerprint density at radius 1 is 1.91 bits per heavy atom. The summed E-state index contributed by atoms with van der Waals surface area (Å²) in [6, 6.07) is 0. The number of aliphatic carboxylic acids is 1. The van der Waals surface area contributed by atoms with E-state index in [1.54, 1.807) is 13.0 Å². The zero-order chi connectivity index (χ0) is 8.48. The highest BCUT2D eigenvalue weighted by molar-refractivity contribution is 6.65. The summed E-state index contributed by atoms with van der Waals surface area (Å²) in [7, 11) is 0. The van der Waals surface area contributed by atoms with Gasteiger partial charge in [-0.25, -0.2) is 4.99 Å². The fourth-order valence-electron chi connectivity index (χ4n) is 0.837. The molecule has 1 rings (SSSR count). The summed E-state index contributed by atoms with van der Waals surface area (Å²) in [5.74, 6) is -0.873. The van der Waals surface area contributed by atoms with Crippen molar-refractivity contribution in [3.63, 3.8) is 0 Å². The number of hydrogen-bond acceptors (Lipinski definition) is 2. The van der Waals surface area contributed by atoms with Crippen LogP contribution in [0.25, 0.3) is 0 Å². The maximum Gasteiger partial charge on any atom is 0.313 e. The van der Waals surface area contributed by atoms with Crippen molar-refractivity contribution < 1.29 is 9.90 Å². The molecule has 60 valence electrons. The number of nitrogens with zero attached hydrogens (tertiary/aromatic N) is 1. The molecule has 1 N–H and O–H groups in total. The Kier molecular flexibility index (Phi) is 2.00. The van der Waals surface area contributed by atoms with Gasteiger partial charge < -0.3 is 5.11 Å². The Morgan fingerprint density at radius 3 is 2.91 bits per heavy atom. The van der Waals surface area contributed by atoms with Crippen LogP contribution in [0.1, 0.15) is 13.3 Å². The number of rotatable bonds is 1. The first-order chi connectivity index (χ1) is 5.04. The van der Waals surface area contributed by atoms with E-state index in [4.69, 9.17) is 16.7 Å². The van der Waals surface area contributed by atoms with Gasteiger partial charge in [0.1, 0.15) is 5.17 Å². The van der Waals surface area contributed by atoms with Crippen LogP contribution in [-0.4, -0.2) is 16.2 Å². The van der Waals surface area contributed by atoms with Gasteiger partial charge >= 0.3 is 5.97 Å². The van der Waals surface area contributed by atoms with E-state index in [1.165, 1.54) is 6.20 Å². The average Bonchev–Trinajstić information content (AvgIpc) is 1.86. The molecule has 11 heavy (non-hydrogen) atoms. The van der Waals surface area contributed by atoms with Gasteiger partial charge in [-0.3, -0.25) is 4.79 Å². The smallest absolute Gasteiger partial charge is 0.313 e. The number of carboxylic acid groups (broad SMARTS) is 1. The predicted molar refractivity (Wildman–Crippen MR) is 42.8 cm³/mol. The van der Waals surface area contributed by atoms with E-state index in [0.717, 1.165) is 0 Å². The van der Waals surface area contributed by atoms with Crippen molar-refractivity contribution in [3.05, 3.63) is 12.3 Å². The fourth-order valence-corrected chi connectivity index (χ4v) is 1.17. The number of hydrogen-bond donors (Lipinski definition) is 1. The number of aliphatic imine (C=N–C) groups is 1. The van der Waals surface area contributed by atoms with Gasteiger partial charge in [0.05, 0.1) is 5.41 Å². The molecule has 1 atom stereocenters. The molecule has 1 unspecified atom stereocenters. The van der Waals surface area contributed by atoms with Crippen molar-refractivity contribution in [3.8, 4) is 0 Å². The second-order valence-electron chi connectivity index (χ2n) is 2.72. The largest absolute Gasteiger partial charge is 0.481 e. The highest BCUT2D eigenvalue weighted by Crippen LogP contribution is 2.28. The summed E-state index contributed by atoms with van der Waals surface area (Å²) in [6.07, 6.45) is 3.25. The maximum atomic E-state index is 10.7. The van der Waals surface area contributed by atoms with Crippen molar-refractivity contribution in [2.24, 2.45) is 10.4 Å². The van der Waals surface area contributed by atoms with Crippen LogP contribution in [0.15, 0.2) is 17.3 Å². The van der Waals surface area contributed by atoms with Gasteiger partial charge in [-0.05, 0) is 13.0 Å². The minimum atomic E-state index is -0.876. The lowest BCUT2D eigenvalue weighted by molar-refractivity contribution is -0.144. The molecule has 0 aromatic rings. The highest BCUT2D eigenvalue weighted by atomic mass is 35.5. The van der Waals surface area contributed by atoms with Crippen LogP contribution in [0.5, 0.6) is 0 Å². The van der Waals surface area contributed by atoms with Crippen LogP contribution in [-0.2, 0) is 4.79 Å². The number of carboxylic acids is 1. The van der Waals surface area contributed by atoms with Crippen molar-refractivity contribution >= 4 is 22.7 Å². The molecule has 0 aromatic heterocycles. The van der Waals surface area contributed by atoms with Gasteiger partial charge in [0, 0.05) is 12.6 Å². The highest BCUT2D eigenvalue weighted by Gasteiger charge is 2.32. The Bertz CT molecular complexity index is 247. The van der Waals surface area contributed by atoms with Crippen LogP contribution in [0.4, 0.5) is 0 Å². The lowest BCUT2D eigenvalue weighted by atomic mass is 9.86. The van der Waals surface area contributed by atoms with Crippen molar-refractivity contribution in [1.29, 1.82) is 0 Å². The molecule has 0 saturated heterocycles. The molecule has 0 aromatic carbocycles. The van der Waals surface area contributed by atoms with Gasteiger partial charge in [0.25, 0.3) is 0 Å².